The van der Waals surface area contributed by atoms with Crippen LogP contribution in [-0.4, -0.2) is 43.0 Å². The van der Waals surface area contributed by atoms with Crippen LogP contribution < -0.4 is 0 Å². The fourth-order valence-corrected chi connectivity index (χ4v) is 3.53. The van der Waals surface area contributed by atoms with Gasteiger partial charge in [-0.25, -0.2) is 0 Å². The fraction of sp³-hybridized carbons (Fsp3) is 0.875. The minimum absolute atomic E-state index is 0.0651. The van der Waals surface area contributed by atoms with Crippen LogP contribution in [-0.2, 0) is 14.0 Å². The van der Waals surface area contributed by atoms with Crippen LogP contribution in [0.5, 0.6) is 0 Å². The van der Waals surface area contributed by atoms with Gasteiger partial charge in [-0.2, -0.15) is 0 Å². The van der Waals surface area contributed by atoms with Gasteiger partial charge in [0.05, 0.1) is 18.1 Å². The van der Waals surface area contributed by atoms with Crippen LogP contribution in [0, 0.1) is 17.8 Å². The van der Waals surface area contributed by atoms with E-state index in [2.05, 4.69) is 33.9 Å². The lowest BCUT2D eigenvalue weighted by molar-refractivity contribution is -0.147. The van der Waals surface area contributed by atoms with Gasteiger partial charge in [0.25, 0.3) is 0 Å². The SMILES string of the molecule is C[C@H]([C@H](O)[C@@H](C)C=O)[C@H](O[Si](C)(C)C(C)(C)C)[C@@H](C)C(=O)O. The van der Waals surface area contributed by atoms with Crippen molar-refractivity contribution in [3.63, 3.8) is 0 Å². The van der Waals surface area contributed by atoms with Gasteiger partial charge in [-0.3, -0.25) is 4.79 Å². The Morgan fingerprint density at radius 2 is 1.64 bits per heavy atom. The Kier molecular flexibility index (Phi) is 7.45. The van der Waals surface area contributed by atoms with E-state index in [-0.39, 0.29) is 5.04 Å². The Morgan fingerprint density at radius 3 is 1.95 bits per heavy atom. The smallest absolute Gasteiger partial charge is 0.308 e. The van der Waals surface area contributed by atoms with E-state index in [9.17, 15) is 19.8 Å². The van der Waals surface area contributed by atoms with Crippen molar-refractivity contribution >= 4 is 20.6 Å². The number of carbonyl (C=O) groups excluding carboxylic acids is 1. The Morgan fingerprint density at radius 1 is 1.18 bits per heavy atom. The number of carboxylic acids is 1. The molecule has 0 saturated carbocycles. The number of rotatable bonds is 8. The van der Waals surface area contributed by atoms with Gasteiger partial charge < -0.3 is 19.4 Å². The molecule has 0 aliphatic carbocycles. The lowest BCUT2D eigenvalue weighted by Crippen LogP contribution is -2.51. The molecule has 0 rings (SSSR count). The highest BCUT2D eigenvalue weighted by atomic mass is 28.4. The monoisotopic (exact) mass is 332 g/mol. The molecule has 2 N–H and O–H groups in total. The molecule has 0 bridgehead atoms. The third-order valence-electron chi connectivity index (χ3n) is 4.93. The van der Waals surface area contributed by atoms with Crippen LogP contribution in [0.4, 0.5) is 0 Å². The zero-order valence-electron chi connectivity index (χ0n) is 15.1. The second-order valence-corrected chi connectivity index (χ2v) is 12.6. The quantitative estimate of drug-likeness (QED) is 0.527. The van der Waals surface area contributed by atoms with E-state index in [4.69, 9.17) is 4.43 Å². The molecule has 0 aromatic heterocycles. The number of aliphatic hydroxyl groups is 1. The molecule has 0 aromatic carbocycles. The highest BCUT2D eigenvalue weighted by Crippen LogP contribution is 2.39. The number of carbonyl (C=O) groups is 2. The number of hydrogen-bond acceptors (Lipinski definition) is 4. The molecule has 0 aliphatic rings. The van der Waals surface area contributed by atoms with Crippen LogP contribution in [0.3, 0.4) is 0 Å². The first-order valence-electron chi connectivity index (χ1n) is 7.80. The fourth-order valence-electron chi connectivity index (χ4n) is 2.08. The van der Waals surface area contributed by atoms with Crippen molar-refractivity contribution in [3.05, 3.63) is 0 Å². The summed E-state index contributed by atoms with van der Waals surface area (Å²) < 4.78 is 6.29. The molecule has 0 amide bonds. The van der Waals surface area contributed by atoms with Crippen LogP contribution >= 0.6 is 0 Å². The summed E-state index contributed by atoms with van der Waals surface area (Å²) >= 11 is 0. The van der Waals surface area contributed by atoms with Crippen molar-refractivity contribution in [1.82, 2.24) is 0 Å². The maximum Gasteiger partial charge on any atom is 0.308 e. The third-order valence-corrected chi connectivity index (χ3v) is 9.40. The van der Waals surface area contributed by atoms with Gasteiger partial charge in [0.2, 0.25) is 0 Å². The van der Waals surface area contributed by atoms with E-state index in [0.717, 1.165) is 0 Å². The first-order valence-corrected chi connectivity index (χ1v) is 10.7. The maximum atomic E-state index is 11.4. The lowest BCUT2D eigenvalue weighted by atomic mass is 9.85. The van der Waals surface area contributed by atoms with Crippen molar-refractivity contribution in [3.8, 4) is 0 Å². The summed E-state index contributed by atoms with van der Waals surface area (Å²) in [4.78, 5) is 22.3. The highest BCUT2D eigenvalue weighted by Gasteiger charge is 2.44. The Bertz CT molecular complexity index is 388. The largest absolute Gasteiger partial charge is 0.481 e. The molecule has 0 fully saturated rings. The predicted octanol–water partition coefficient (Wildman–Crippen LogP) is 2.93. The van der Waals surface area contributed by atoms with Gasteiger partial charge in [0.1, 0.15) is 6.29 Å². The minimum atomic E-state index is -2.19. The van der Waals surface area contributed by atoms with Gasteiger partial charge in [0.15, 0.2) is 8.32 Å². The Balaban J connectivity index is 5.48. The summed E-state index contributed by atoms with van der Waals surface area (Å²) in [6.07, 6.45) is -0.861. The van der Waals surface area contributed by atoms with Gasteiger partial charge in [0, 0.05) is 11.8 Å². The standard InChI is InChI=1S/C16H32O5Si/c1-10(9-17)13(18)11(2)14(12(3)15(19)20)21-22(7,8)16(4,5)6/h9-14,18H,1-8H3,(H,19,20)/t10-,11+,12+,13+,14-/m0/s1. The second-order valence-electron chi connectivity index (χ2n) is 7.81. The molecule has 6 heteroatoms. The van der Waals surface area contributed by atoms with Gasteiger partial charge in [-0.15, -0.1) is 0 Å². The van der Waals surface area contributed by atoms with E-state index >= 15 is 0 Å². The summed E-state index contributed by atoms with van der Waals surface area (Å²) in [6.45, 7) is 15.3. The van der Waals surface area contributed by atoms with Crippen LogP contribution in [0.1, 0.15) is 41.5 Å². The number of aliphatic hydroxyl groups excluding tert-OH is 1. The molecule has 22 heavy (non-hydrogen) atoms. The Hall–Kier alpha value is -0.723. The summed E-state index contributed by atoms with van der Waals surface area (Å²) in [6, 6.07) is 0. The van der Waals surface area contributed by atoms with Crippen molar-refractivity contribution in [2.45, 2.75) is 71.9 Å². The van der Waals surface area contributed by atoms with Crippen LogP contribution in [0.2, 0.25) is 18.1 Å². The molecule has 130 valence electrons. The van der Waals surface area contributed by atoms with E-state index in [1.165, 1.54) is 0 Å². The zero-order valence-corrected chi connectivity index (χ0v) is 16.1. The molecule has 0 heterocycles. The molecular formula is C16H32O5Si. The molecule has 0 aromatic rings. The lowest BCUT2D eigenvalue weighted by Gasteiger charge is -2.43. The molecular weight excluding hydrogens is 300 g/mol. The van der Waals surface area contributed by atoms with Gasteiger partial charge in [-0.05, 0) is 25.1 Å². The summed E-state index contributed by atoms with van der Waals surface area (Å²) in [5, 5.41) is 19.6. The first-order chi connectivity index (χ1) is 9.76. The number of carboxylic acid groups (broad SMARTS) is 1. The molecule has 0 radical (unpaired) electrons. The summed E-state index contributed by atoms with van der Waals surface area (Å²) in [5.41, 5.74) is 0. The Labute approximate surface area is 135 Å². The normalized spacial score (nSPS) is 19.9. The second kappa shape index (κ2) is 7.70. The van der Waals surface area contributed by atoms with Crippen LogP contribution in [0.15, 0.2) is 0 Å². The summed E-state index contributed by atoms with van der Waals surface area (Å²) in [5.74, 6) is -2.71. The summed E-state index contributed by atoms with van der Waals surface area (Å²) in [7, 11) is -2.19. The van der Waals surface area contributed by atoms with Crippen molar-refractivity contribution in [2.24, 2.45) is 17.8 Å². The van der Waals surface area contributed by atoms with E-state index in [1.54, 1.807) is 20.8 Å². The molecule has 0 saturated heterocycles. The number of aliphatic carboxylic acids is 1. The predicted molar refractivity (Wildman–Crippen MR) is 89.3 cm³/mol. The minimum Gasteiger partial charge on any atom is -0.481 e. The number of aldehydes is 1. The molecule has 5 atom stereocenters. The van der Waals surface area contributed by atoms with E-state index < -0.39 is 44.2 Å². The van der Waals surface area contributed by atoms with Crippen LogP contribution in [0.25, 0.3) is 0 Å². The molecule has 0 unspecified atom stereocenters. The average Bonchev–Trinajstić information content (AvgIpc) is 2.40. The first kappa shape index (κ1) is 21.3. The third kappa shape index (κ3) is 5.17. The van der Waals surface area contributed by atoms with E-state index in [1.807, 2.05) is 0 Å². The molecule has 5 nitrogen and oxygen atoms in total. The van der Waals surface area contributed by atoms with Crippen molar-refractivity contribution < 1.29 is 24.2 Å². The van der Waals surface area contributed by atoms with Gasteiger partial charge in [-0.1, -0.05) is 34.6 Å². The van der Waals surface area contributed by atoms with E-state index in [0.29, 0.717) is 6.29 Å². The zero-order chi connectivity index (χ0) is 17.9. The van der Waals surface area contributed by atoms with Gasteiger partial charge >= 0.3 is 5.97 Å². The number of hydrogen-bond donors (Lipinski definition) is 2. The maximum absolute atomic E-state index is 11.4. The highest BCUT2D eigenvalue weighted by molar-refractivity contribution is 6.74. The van der Waals surface area contributed by atoms with Crippen molar-refractivity contribution in [2.75, 3.05) is 0 Å². The molecule has 0 spiro atoms. The molecule has 0 aliphatic heterocycles. The topological polar surface area (TPSA) is 83.8 Å². The van der Waals surface area contributed by atoms with Crippen molar-refractivity contribution in [1.29, 1.82) is 0 Å². The average molecular weight is 333 g/mol.